The normalized spacial score (nSPS) is 20.0. The van der Waals surface area contributed by atoms with Gasteiger partial charge in [-0.3, -0.25) is 0 Å². The molecule has 2 aliphatic rings. The van der Waals surface area contributed by atoms with E-state index in [0.717, 1.165) is 25.7 Å². The molecule has 0 bridgehead atoms. The number of fused-ring (bicyclic) bond motifs is 1. The minimum atomic E-state index is -3.28. The van der Waals surface area contributed by atoms with Crippen LogP contribution >= 0.6 is 0 Å². The average Bonchev–Trinajstić information content (AvgIpc) is 3.11. The molecule has 0 spiro atoms. The summed E-state index contributed by atoms with van der Waals surface area (Å²) >= 11 is 0. The van der Waals surface area contributed by atoms with Crippen molar-refractivity contribution in [3.8, 4) is 0 Å². The van der Waals surface area contributed by atoms with Gasteiger partial charge in [0.2, 0.25) is 10.0 Å². The maximum atomic E-state index is 12.1. The van der Waals surface area contributed by atoms with E-state index in [1.54, 1.807) is 6.07 Å². The second-order valence-corrected chi connectivity index (χ2v) is 6.75. The molecule has 3 nitrogen and oxygen atoms in total. The molecule has 0 unspecified atom stereocenters. The summed E-state index contributed by atoms with van der Waals surface area (Å²) in [6, 6.07) is 5.76. The standard InChI is InChI=1S/C13H17NO2S/c15-17(16,14-12-6-7-12)13-8-5-10-3-1-2-4-11(10)9-13/h5,8-9,12,14H,1-4,6-7H2. The first kappa shape index (κ1) is 11.2. The third kappa shape index (κ3) is 2.38. The molecule has 0 aromatic heterocycles. The molecule has 0 radical (unpaired) electrons. The van der Waals surface area contributed by atoms with Crippen LogP contribution in [0, 0.1) is 0 Å². The van der Waals surface area contributed by atoms with Crippen LogP contribution in [0.15, 0.2) is 23.1 Å². The molecule has 0 atom stereocenters. The van der Waals surface area contributed by atoms with Gasteiger partial charge in [0, 0.05) is 6.04 Å². The zero-order valence-corrected chi connectivity index (χ0v) is 10.6. The van der Waals surface area contributed by atoms with Crippen LogP contribution in [-0.2, 0) is 22.9 Å². The Kier molecular flexibility index (Phi) is 2.71. The fourth-order valence-electron chi connectivity index (χ4n) is 2.37. The van der Waals surface area contributed by atoms with Crippen molar-refractivity contribution in [3.63, 3.8) is 0 Å². The van der Waals surface area contributed by atoms with Crippen LogP contribution in [0.25, 0.3) is 0 Å². The summed E-state index contributed by atoms with van der Waals surface area (Å²) in [6.07, 6.45) is 6.45. The highest BCUT2D eigenvalue weighted by molar-refractivity contribution is 7.89. The van der Waals surface area contributed by atoms with Gasteiger partial charge in [0.1, 0.15) is 0 Å². The van der Waals surface area contributed by atoms with Gasteiger partial charge in [-0.05, 0) is 61.8 Å². The summed E-state index contributed by atoms with van der Waals surface area (Å²) in [5.74, 6) is 0. The van der Waals surface area contributed by atoms with Crippen LogP contribution in [0.2, 0.25) is 0 Å². The fraction of sp³-hybridized carbons (Fsp3) is 0.538. The van der Waals surface area contributed by atoms with Gasteiger partial charge in [-0.25, -0.2) is 13.1 Å². The van der Waals surface area contributed by atoms with Crippen LogP contribution in [0.4, 0.5) is 0 Å². The van der Waals surface area contributed by atoms with Gasteiger partial charge in [-0.15, -0.1) is 0 Å². The Hall–Kier alpha value is -0.870. The lowest BCUT2D eigenvalue weighted by atomic mass is 9.92. The van der Waals surface area contributed by atoms with Gasteiger partial charge in [-0.1, -0.05) is 6.07 Å². The summed E-state index contributed by atoms with van der Waals surface area (Å²) in [4.78, 5) is 0.435. The molecule has 3 rings (SSSR count). The molecule has 1 fully saturated rings. The number of hydrogen-bond donors (Lipinski definition) is 1. The summed E-state index contributed by atoms with van der Waals surface area (Å²) in [5, 5.41) is 0. The van der Waals surface area contributed by atoms with E-state index in [2.05, 4.69) is 4.72 Å². The molecule has 17 heavy (non-hydrogen) atoms. The third-order valence-corrected chi connectivity index (χ3v) is 5.05. The fourth-order valence-corrected chi connectivity index (χ4v) is 3.72. The Balaban J connectivity index is 1.92. The second kappa shape index (κ2) is 4.10. The topological polar surface area (TPSA) is 46.2 Å². The Morgan fingerprint density at radius 1 is 1.06 bits per heavy atom. The van der Waals surface area contributed by atoms with Gasteiger partial charge < -0.3 is 0 Å². The predicted octanol–water partition coefficient (Wildman–Crippen LogP) is 2.01. The van der Waals surface area contributed by atoms with Crippen LogP contribution in [0.3, 0.4) is 0 Å². The van der Waals surface area contributed by atoms with Gasteiger partial charge in [0.25, 0.3) is 0 Å². The van der Waals surface area contributed by atoms with Gasteiger partial charge in [0.05, 0.1) is 4.90 Å². The zero-order chi connectivity index (χ0) is 11.9. The quantitative estimate of drug-likeness (QED) is 0.893. The summed E-state index contributed by atoms with van der Waals surface area (Å²) in [6.45, 7) is 0. The summed E-state index contributed by atoms with van der Waals surface area (Å²) < 4.78 is 26.8. The van der Waals surface area contributed by atoms with Crippen molar-refractivity contribution in [1.29, 1.82) is 0 Å². The third-order valence-electron chi connectivity index (χ3n) is 3.53. The molecule has 1 N–H and O–H groups in total. The van der Waals surface area contributed by atoms with Crippen LogP contribution in [-0.4, -0.2) is 14.5 Å². The van der Waals surface area contributed by atoms with Crippen molar-refractivity contribution in [2.24, 2.45) is 0 Å². The number of benzene rings is 1. The Labute approximate surface area is 102 Å². The van der Waals surface area contributed by atoms with Gasteiger partial charge in [0.15, 0.2) is 0 Å². The first-order valence-electron chi connectivity index (χ1n) is 6.29. The van der Waals surface area contributed by atoms with Crippen molar-refractivity contribution in [3.05, 3.63) is 29.3 Å². The van der Waals surface area contributed by atoms with Crippen LogP contribution < -0.4 is 4.72 Å². The van der Waals surface area contributed by atoms with Crippen molar-refractivity contribution in [2.75, 3.05) is 0 Å². The highest BCUT2D eigenvalue weighted by Gasteiger charge is 2.28. The number of hydrogen-bond acceptors (Lipinski definition) is 2. The molecule has 1 saturated carbocycles. The van der Waals surface area contributed by atoms with Crippen molar-refractivity contribution >= 4 is 10.0 Å². The lowest BCUT2D eigenvalue weighted by molar-refractivity contribution is 0.580. The molecule has 2 aliphatic carbocycles. The van der Waals surface area contributed by atoms with E-state index >= 15 is 0 Å². The molecule has 0 heterocycles. The van der Waals surface area contributed by atoms with E-state index < -0.39 is 10.0 Å². The maximum Gasteiger partial charge on any atom is 0.240 e. The summed E-state index contributed by atoms with van der Waals surface area (Å²) in [7, 11) is -3.28. The zero-order valence-electron chi connectivity index (χ0n) is 9.78. The number of nitrogens with one attached hydrogen (secondary N) is 1. The Bertz CT molecular complexity index is 532. The van der Waals surface area contributed by atoms with E-state index in [4.69, 9.17) is 0 Å². The number of aryl methyl sites for hydroxylation is 2. The largest absolute Gasteiger partial charge is 0.240 e. The smallest absolute Gasteiger partial charge is 0.208 e. The molecule has 0 amide bonds. The number of rotatable bonds is 3. The predicted molar refractivity (Wildman–Crippen MR) is 66.4 cm³/mol. The average molecular weight is 251 g/mol. The number of sulfonamides is 1. The Morgan fingerprint density at radius 3 is 2.47 bits per heavy atom. The molecule has 0 saturated heterocycles. The minimum Gasteiger partial charge on any atom is -0.208 e. The molecule has 1 aromatic carbocycles. The summed E-state index contributed by atoms with van der Waals surface area (Å²) in [5.41, 5.74) is 2.54. The highest BCUT2D eigenvalue weighted by atomic mass is 32.2. The van der Waals surface area contributed by atoms with Gasteiger partial charge in [-0.2, -0.15) is 0 Å². The molecular formula is C13H17NO2S. The molecule has 4 heteroatoms. The lowest BCUT2D eigenvalue weighted by Gasteiger charge is -2.16. The first-order chi connectivity index (χ1) is 8.15. The van der Waals surface area contributed by atoms with Crippen LogP contribution in [0.1, 0.15) is 36.8 Å². The minimum absolute atomic E-state index is 0.177. The van der Waals surface area contributed by atoms with Crippen molar-refractivity contribution in [1.82, 2.24) is 4.72 Å². The van der Waals surface area contributed by atoms with E-state index in [1.807, 2.05) is 12.1 Å². The second-order valence-electron chi connectivity index (χ2n) is 5.03. The van der Waals surface area contributed by atoms with E-state index in [0.29, 0.717) is 4.90 Å². The van der Waals surface area contributed by atoms with E-state index in [1.165, 1.54) is 24.0 Å². The molecular weight excluding hydrogens is 234 g/mol. The van der Waals surface area contributed by atoms with Crippen LogP contribution in [0.5, 0.6) is 0 Å². The Morgan fingerprint density at radius 2 is 1.76 bits per heavy atom. The van der Waals surface area contributed by atoms with Crippen molar-refractivity contribution in [2.45, 2.75) is 49.5 Å². The monoisotopic (exact) mass is 251 g/mol. The first-order valence-corrected chi connectivity index (χ1v) is 7.78. The molecule has 0 aliphatic heterocycles. The lowest BCUT2D eigenvalue weighted by Crippen LogP contribution is -2.26. The maximum absolute atomic E-state index is 12.1. The van der Waals surface area contributed by atoms with Gasteiger partial charge >= 0.3 is 0 Å². The van der Waals surface area contributed by atoms with E-state index in [9.17, 15) is 8.42 Å². The highest BCUT2D eigenvalue weighted by Crippen LogP contribution is 2.26. The molecule has 92 valence electrons. The SMILES string of the molecule is O=S(=O)(NC1CC1)c1ccc2c(c1)CCCC2. The van der Waals surface area contributed by atoms with E-state index in [-0.39, 0.29) is 6.04 Å². The molecule has 1 aromatic rings. The van der Waals surface area contributed by atoms with Crippen molar-refractivity contribution < 1.29 is 8.42 Å².